The summed E-state index contributed by atoms with van der Waals surface area (Å²) >= 11 is 1.85. The first-order valence-corrected chi connectivity index (χ1v) is 8.17. The van der Waals surface area contributed by atoms with Crippen molar-refractivity contribution < 1.29 is 23.0 Å². The molecular weight excluding hydrogens is 331 g/mol. The van der Waals surface area contributed by atoms with E-state index in [9.17, 15) is 18.3 Å². The number of alkyl halides is 3. The normalized spacial score (nSPS) is 17.9. The first-order chi connectivity index (χ1) is 10.8. The van der Waals surface area contributed by atoms with Gasteiger partial charge in [-0.05, 0) is 17.7 Å². The molecule has 5 nitrogen and oxygen atoms in total. The lowest BCUT2D eigenvalue weighted by molar-refractivity contribution is -0.274. The van der Waals surface area contributed by atoms with Gasteiger partial charge in [-0.1, -0.05) is 12.1 Å². The molecule has 9 heteroatoms. The number of ether oxygens (including phenoxy) is 1. The molecule has 0 aromatic heterocycles. The smallest absolute Gasteiger partial charge is 0.406 e. The Morgan fingerprint density at radius 1 is 1.30 bits per heavy atom. The summed E-state index contributed by atoms with van der Waals surface area (Å²) in [7, 11) is 0. The molecule has 1 unspecified atom stereocenters. The van der Waals surface area contributed by atoms with Crippen LogP contribution in [0.15, 0.2) is 29.3 Å². The van der Waals surface area contributed by atoms with Gasteiger partial charge in [-0.3, -0.25) is 4.99 Å². The van der Waals surface area contributed by atoms with Crippen LogP contribution in [0, 0.1) is 0 Å². The summed E-state index contributed by atoms with van der Waals surface area (Å²) in [6.07, 6.45) is -5.67. The van der Waals surface area contributed by atoms with Crippen molar-refractivity contribution in [2.24, 2.45) is 10.7 Å². The van der Waals surface area contributed by atoms with Crippen LogP contribution in [0.4, 0.5) is 13.2 Å². The van der Waals surface area contributed by atoms with Crippen molar-refractivity contribution >= 4 is 17.7 Å². The molecular formula is C14H18F3N3O2S. The quantitative estimate of drug-likeness (QED) is 0.642. The van der Waals surface area contributed by atoms with Crippen molar-refractivity contribution in [1.82, 2.24) is 4.90 Å². The van der Waals surface area contributed by atoms with E-state index in [0.29, 0.717) is 11.5 Å². The zero-order valence-corrected chi connectivity index (χ0v) is 13.1. The maximum Gasteiger partial charge on any atom is 0.573 e. The molecule has 1 atom stereocenters. The van der Waals surface area contributed by atoms with Gasteiger partial charge in [0.05, 0.1) is 12.6 Å². The van der Waals surface area contributed by atoms with Crippen LogP contribution in [0.3, 0.4) is 0 Å². The monoisotopic (exact) mass is 349 g/mol. The van der Waals surface area contributed by atoms with E-state index < -0.39 is 12.5 Å². The number of aliphatic hydroxyl groups excluding tert-OH is 1. The number of hydrogen-bond acceptors (Lipinski definition) is 4. The fourth-order valence-electron chi connectivity index (χ4n) is 2.07. The Labute approximate surface area is 136 Å². The summed E-state index contributed by atoms with van der Waals surface area (Å²) in [5, 5.41) is 10.0. The molecule has 0 radical (unpaired) electrons. The predicted octanol–water partition coefficient (Wildman–Crippen LogP) is 1.98. The maximum atomic E-state index is 12.1. The van der Waals surface area contributed by atoms with Gasteiger partial charge in [0.2, 0.25) is 0 Å². The van der Waals surface area contributed by atoms with E-state index in [0.717, 1.165) is 36.7 Å². The Morgan fingerprint density at radius 2 is 1.91 bits per heavy atom. The van der Waals surface area contributed by atoms with E-state index in [1.54, 1.807) is 0 Å². The molecule has 0 aliphatic carbocycles. The highest BCUT2D eigenvalue weighted by Gasteiger charge is 2.31. The molecule has 2 rings (SSSR count). The lowest BCUT2D eigenvalue weighted by atomic mass is 10.1. The molecule has 0 saturated carbocycles. The van der Waals surface area contributed by atoms with Gasteiger partial charge in [0.15, 0.2) is 5.96 Å². The van der Waals surface area contributed by atoms with Crippen molar-refractivity contribution in [3.8, 4) is 5.75 Å². The highest BCUT2D eigenvalue weighted by Crippen LogP contribution is 2.24. The van der Waals surface area contributed by atoms with Crippen molar-refractivity contribution in [3.05, 3.63) is 29.8 Å². The van der Waals surface area contributed by atoms with Crippen LogP contribution in [-0.2, 0) is 0 Å². The van der Waals surface area contributed by atoms with Crippen LogP contribution in [0.2, 0.25) is 0 Å². The zero-order valence-electron chi connectivity index (χ0n) is 12.3. The average molecular weight is 349 g/mol. The number of aliphatic imine (C=N–C) groups is 1. The van der Waals surface area contributed by atoms with E-state index in [1.165, 1.54) is 12.1 Å². The highest BCUT2D eigenvalue weighted by atomic mass is 32.2. The Hall–Kier alpha value is -1.61. The number of thioether (sulfide) groups is 1. The summed E-state index contributed by atoms with van der Waals surface area (Å²) in [4.78, 5) is 6.10. The van der Waals surface area contributed by atoms with Crippen LogP contribution in [0.25, 0.3) is 0 Å². The molecule has 1 heterocycles. The maximum absolute atomic E-state index is 12.1. The third-order valence-electron chi connectivity index (χ3n) is 3.26. The molecule has 128 valence electrons. The number of nitrogens with two attached hydrogens (primary N) is 1. The fraction of sp³-hybridized carbons (Fsp3) is 0.500. The highest BCUT2D eigenvalue weighted by molar-refractivity contribution is 7.99. The molecule has 0 amide bonds. The Balaban J connectivity index is 1.91. The van der Waals surface area contributed by atoms with Crippen molar-refractivity contribution in [1.29, 1.82) is 0 Å². The SMILES string of the molecule is NC(=NCC(O)c1ccc(OC(F)(F)F)cc1)N1CCSCC1. The molecule has 1 saturated heterocycles. The van der Waals surface area contributed by atoms with Crippen molar-refractivity contribution in [2.45, 2.75) is 12.5 Å². The van der Waals surface area contributed by atoms with E-state index in [1.807, 2.05) is 16.7 Å². The minimum absolute atomic E-state index is 0.0505. The lowest BCUT2D eigenvalue weighted by Crippen LogP contribution is -2.42. The van der Waals surface area contributed by atoms with Crippen LogP contribution < -0.4 is 10.5 Å². The fourth-order valence-corrected chi connectivity index (χ4v) is 2.97. The number of halogens is 3. The van der Waals surface area contributed by atoms with Gasteiger partial charge in [-0.2, -0.15) is 11.8 Å². The van der Waals surface area contributed by atoms with Gasteiger partial charge in [0.1, 0.15) is 5.75 Å². The second-order valence-corrected chi connectivity index (χ2v) is 6.16. The van der Waals surface area contributed by atoms with Gasteiger partial charge >= 0.3 is 6.36 Å². The number of rotatable bonds is 4. The largest absolute Gasteiger partial charge is 0.573 e. The third-order valence-corrected chi connectivity index (χ3v) is 4.20. The topological polar surface area (TPSA) is 71.1 Å². The zero-order chi connectivity index (χ0) is 16.9. The summed E-state index contributed by atoms with van der Waals surface area (Å²) in [6, 6.07) is 5.05. The summed E-state index contributed by atoms with van der Waals surface area (Å²) in [6.45, 7) is 1.69. The van der Waals surface area contributed by atoms with E-state index in [2.05, 4.69) is 9.73 Å². The van der Waals surface area contributed by atoms with Crippen molar-refractivity contribution in [3.63, 3.8) is 0 Å². The van der Waals surface area contributed by atoms with E-state index >= 15 is 0 Å². The molecule has 3 N–H and O–H groups in total. The van der Waals surface area contributed by atoms with Crippen LogP contribution in [0.5, 0.6) is 5.75 Å². The minimum Gasteiger partial charge on any atom is -0.406 e. The number of guanidine groups is 1. The average Bonchev–Trinajstić information content (AvgIpc) is 2.52. The number of nitrogens with zero attached hydrogens (tertiary/aromatic N) is 2. The number of aliphatic hydroxyl groups is 1. The molecule has 1 aromatic rings. The molecule has 1 aliphatic heterocycles. The second-order valence-electron chi connectivity index (χ2n) is 4.93. The minimum atomic E-state index is -4.73. The van der Waals surface area contributed by atoms with Crippen LogP contribution in [-0.4, -0.2) is 53.5 Å². The summed E-state index contributed by atoms with van der Waals surface area (Å²) < 4.78 is 40.0. The van der Waals surface area contributed by atoms with Gasteiger partial charge in [-0.15, -0.1) is 13.2 Å². The first-order valence-electron chi connectivity index (χ1n) is 7.01. The molecule has 23 heavy (non-hydrogen) atoms. The Bertz CT molecular complexity index is 531. The standard InChI is InChI=1S/C14H18F3N3O2S/c15-14(16,17)22-11-3-1-10(2-4-11)12(21)9-19-13(18)20-5-7-23-8-6-20/h1-4,12,21H,5-9H2,(H2,18,19). The van der Waals surface area contributed by atoms with Crippen LogP contribution in [0.1, 0.15) is 11.7 Å². The molecule has 1 aliphatic rings. The Morgan fingerprint density at radius 3 is 2.48 bits per heavy atom. The Kier molecular flexibility index (Phi) is 6.00. The molecule has 0 bridgehead atoms. The number of benzene rings is 1. The molecule has 1 aromatic carbocycles. The van der Waals surface area contributed by atoms with Crippen LogP contribution >= 0.6 is 11.8 Å². The second kappa shape index (κ2) is 7.78. The van der Waals surface area contributed by atoms with Gasteiger partial charge < -0.3 is 20.5 Å². The van der Waals surface area contributed by atoms with Gasteiger partial charge in [0.25, 0.3) is 0 Å². The van der Waals surface area contributed by atoms with Crippen molar-refractivity contribution in [2.75, 3.05) is 31.1 Å². The third kappa shape index (κ3) is 5.83. The van der Waals surface area contributed by atoms with E-state index in [-0.39, 0.29) is 12.3 Å². The molecule has 1 fully saturated rings. The summed E-state index contributed by atoms with van der Waals surface area (Å²) in [5.41, 5.74) is 6.33. The first kappa shape index (κ1) is 17.7. The molecule has 0 spiro atoms. The predicted molar refractivity (Wildman–Crippen MR) is 83.5 cm³/mol. The summed E-state index contributed by atoms with van der Waals surface area (Å²) in [5.74, 6) is 2.02. The lowest BCUT2D eigenvalue weighted by Gasteiger charge is -2.27. The van der Waals surface area contributed by atoms with Gasteiger partial charge in [0, 0.05) is 24.6 Å². The van der Waals surface area contributed by atoms with E-state index in [4.69, 9.17) is 5.73 Å². The van der Waals surface area contributed by atoms with Gasteiger partial charge in [-0.25, -0.2) is 0 Å². The number of hydrogen-bond donors (Lipinski definition) is 2.